The molecule has 0 saturated carbocycles. The summed E-state index contributed by atoms with van der Waals surface area (Å²) in [5, 5.41) is 7.17. The summed E-state index contributed by atoms with van der Waals surface area (Å²) in [4.78, 5) is 27.6. The Labute approximate surface area is 154 Å². The molecule has 3 heterocycles. The molecule has 4 aromatic rings. The predicted molar refractivity (Wildman–Crippen MR) is 93.9 cm³/mol. The van der Waals surface area contributed by atoms with Crippen LogP contribution >= 0.6 is 0 Å². The van der Waals surface area contributed by atoms with Gasteiger partial charge in [0.05, 0.1) is 17.1 Å². The molecule has 1 amide bonds. The Morgan fingerprint density at radius 2 is 1.93 bits per heavy atom. The Bertz CT molecular complexity index is 1330. The summed E-state index contributed by atoms with van der Waals surface area (Å²) in [6.45, 7) is 0. The van der Waals surface area contributed by atoms with Gasteiger partial charge in [0, 0.05) is 11.8 Å². The van der Waals surface area contributed by atoms with E-state index in [-0.39, 0.29) is 34.0 Å². The molecule has 0 bridgehead atoms. The summed E-state index contributed by atoms with van der Waals surface area (Å²) in [5.74, 6) is -0.900. The Kier molecular flexibility index (Phi) is 3.20. The lowest BCUT2D eigenvalue weighted by Crippen LogP contribution is -2.25. The van der Waals surface area contributed by atoms with Gasteiger partial charge < -0.3 is 19.8 Å². The van der Waals surface area contributed by atoms with Gasteiger partial charge in [-0.25, -0.2) is 4.52 Å². The zero-order chi connectivity index (χ0) is 19.5. The highest BCUT2D eigenvalue weighted by Crippen LogP contribution is 2.42. The Hall–Kier alpha value is -3.95. The number of aromatic amines is 1. The van der Waals surface area contributed by atoms with Crippen LogP contribution in [0, 0.1) is 0 Å². The number of nitrogens with zero attached hydrogens (tertiary/aromatic N) is 2. The van der Waals surface area contributed by atoms with Crippen LogP contribution in [-0.4, -0.2) is 26.8 Å². The Balaban J connectivity index is 1.52. The molecule has 8 nitrogen and oxygen atoms in total. The summed E-state index contributed by atoms with van der Waals surface area (Å²) < 4.78 is 36.4. The number of anilines is 1. The molecule has 2 aromatic carbocycles. The van der Waals surface area contributed by atoms with E-state index in [2.05, 4.69) is 24.9 Å². The van der Waals surface area contributed by atoms with Crippen molar-refractivity contribution in [2.75, 3.05) is 5.32 Å². The molecule has 0 saturated heterocycles. The number of alkyl halides is 2. The Morgan fingerprint density at radius 3 is 2.79 bits per heavy atom. The third kappa shape index (κ3) is 2.46. The Morgan fingerprint density at radius 1 is 1.14 bits per heavy atom. The van der Waals surface area contributed by atoms with E-state index in [4.69, 9.17) is 0 Å². The summed E-state index contributed by atoms with van der Waals surface area (Å²) in [7, 11) is 0. The first-order chi connectivity index (χ1) is 13.4. The molecule has 1 aliphatic rings. The van der Waals surface area contributed by atoms with Crippen LogP contribution in [0.3, 0.4) is 0 Å². The summed E-state index contributed by atoms with van der Waals surface area (Å²) >= 11 is 0. The van der Waals surface area contributed by atoms with Crippen LogP contribution in [0.5, 0.6) is 11.5 Å². The third-order valence-corrected chi connectivity index (χ3v) is 4.28. The number of benzene rings is 2. The minimum atomic E-state index is -3.74. The van der Waals surface area contributed by atoms with Gasteiger partial charge in [0.1, 0.15) is 11.2 Å². The van der Waals surface area contributed by atoms with E-state index < -0.39 is 12.2 Å². The number of halogens is 2. The number of carbonyl (C=O) groups is 1. The first kappa shape index (κ1) is 16.2. The first-order valence-corrected chi connectivity index (χ1v) is 8.11. The molecule has 0 spiro atoms. The molecule has 5 rings (SSSR count). The molecule has 0 atom stereocenters. The van der Waals surface area contributed by atoms with Crippen molar-refractivity contribution in [3.63, 3.8) is 0 Å². The average Bonchev–Trinajstić information content (AvgIpc) is 3.21. The number of para-hydroxylation sites is 1. The number of aromatic nitrogens is 3. The van der Waals surface area contributed by atoms with Gasteiger partial charge in [-0.05, 0) is 24.3 Å². The lowest BCUT2D eigenvalue weighted by molar-refractivity contribution is -0.286. The third-order valence-electron chi connectivity index (χ3n) is 4.28. The number of nitrogens with one attached hydrogen (secondary N) is 2. The lowest BCUT2D eigenvalue weighted by atomic mass is 10.2. The van der Waals surface area contributed by atoms with E-state index in [1.165, 1.54) is 28.9 Å². The molecular formula is C18H10F2N4O4. The zero-order valence-electron chi connectivity index (χ0n) is 13.9. The van der Waals surface area contributed by atoms with Gasteiger partial charge in [0.25, 0.3) is 11.5 Å². The molecule has 0 radical (unpaired) electrons. The fraction of sp³-hybridized carbons (Fsp3) is 0.0556. The standard InChI is InChI=1S/C18H10F2N4O4/c19-18(20)27-13-6-5-9(7-14(13)28-18)22-17(26)11-8-21-24-12-4-2-1-3-10(12)16(25)23-15(11)24/h1-8H,(H,22,26)(H,23,25). The largest absolute Gasteiger partial charge is 0.586 e. The maximum absolute atomic E-state index is 13.1. The molecule has 0 aliphatic carbocycles. The van der Waals surface area contributed by atoms with Crippen molar-refractivity contribution in [3.8, 4) is 11.5 Å². The monoisotopic (exact) mass is 384 g/mol. The van der Waals surface area contributed by atoms with Crippen LogP contribution in [-0.2, 0) is 0 Å². The SMILES string of the molecule is O=C(Nc1ccc2c(c1)OC(F)(F)O2)c1cnn2c1[nH]c(=O)c1ccccc12. The van der Waals surface area contributed by atoms with Crippen LogP contribution in [0.25, 0.3) is 16.6 Å². The molecule has 2 N–H and O–H groups in total. The number of rotatable bonds is 2. The zero-order valence-corrected chi connectivity index (χ0v) is 13.9. The van der Waals surface area contributed by atoms with Crippen molar-refractivity contribution in [3.05, 3.63) is 64.6 Å². The van der Waals surface area contributed by atoms with E-state index in [0.717, 1.165) is 0 Å². The molecular weight excluding hydrogens is 374 g/mol. The molecule has 0 fully saturated rings. The number of carbonyl (C=O) groups excluding carboxylic acids is 1. The molecule has 28 heavy (non-hydrogen) atoms. The molecule has 2 aromatic heterocycles. The molecule has 140 valence electrons. The van der Waals surface area contributed by atoms with Crippen LogP contribution in [0.4, 0.5) is 14.5 Å². The molecule has 1 aliphatic heterocycles. The van der Waals surface area contributed by atoms with Crippen LogP contribution in [0.15, 0.2) is 53.5 Å². The van der Waals surface area contributed by atoms with Crippen molar-refractivity contribution in [2.24, 2.45) is 0 Å². The van der Waals surface area contributed by atoms with Crippen molar-refractivity contribution < 1.29 is 23.0 Å². The number of H-pyrrole nitrogens is 1. The van der Waals surface area contributed by atoms with Crippen molar-refractivity contribution in [1.82, 2.24) is 14.6 Å². The minimum Gasteiger partial charge on any atom is -0.395 e. The highest BCUT2D eigenvalue weighted by molar-refractivity contribution is 6.08. The molecule has 0 unspecified atom stereocenters. The van der Waals surface area contributed by atoms with Crippen LogP contribution in [0.1, 0.15) is 10.4 Å². The average molecular weight is 384 g/mol. The lowest BCUT2D eigenvalue weighted by Gasteiger charge is -2.06. The first-order valence-electron chi connectivity index (χ1n) is 8.11. The van der Waals surface area contributed by atoms with Gasteiger partial charge in [0.15, 0.2) is 11.5 Å². The van der Waals surface area contributed by atoms with Crippen LogP contribution < -0.4 is 20.3 Å². The topological polar surface area (TPSA) is 97.7 Å². The van der Waals surface area contributed by atoms with E-state index in [1.54, 1.807) is 24.3 Å². The van der Waals surface area contributed by atoms with Crippen molar-refractivity contribution in [1.29, 1.82) is 0 Å². The number of fused-ring (bicyclic) bond motifs is 4. The van der Waals surface area contributed by atoms with Crippen LogP contribution in [0.2, 0.25) is 0 Å². The second-order valence-electron chi connectivity index (χ2n) is 6.07. The van der Waals surface area contributed by atoms with E-state index in [0.29, 0.717) is 10.9 Å². The van der Waals surface area contributed by atoms with Crippen molar-refractivity contribution in [2.45, 2.75) is 6.29 Å². The van der Waals surface area contributed by atoms with Gasteiger partial charge in [-0.2, -0.15) is 5.10 Å². The minimum absolute atomic E-state index is 0.117. The number of ether oxygens (including phenoxy) is 2. The quantitative estimate of drug-likeness (QED) is 0.554. The number of hydrogen-bond donors (Lipinski definition) is 2. The van der Waals surface area contributed by atoms with Gasteiger partial charge in [-0.1, -0.05) is 12.1 Å². The molecule has 10 heteroatoms. The second-order valence-corrected chi connectivity index (χ2v) is 6.07. The van der Waals surface area contributed by atoms with Gasteiger partial charge in [0.2, 0.25) is 0 Å². The van der Waals surface area contributed by atoms with Gasteiger partial charge >= 0.3 is 6.29 Å². The summed E-state index contributed by atoms with van der Waals surface area (Å²) in [6.07, 6.45) is -2.43. The van der Waals surface area contributed by atoms with Gasteiger partial charge in [-0.15, -0.1) is 8.78 Å². The highest BCUT2D eigenvalue weighted by atomic mass is 19.3. The predicted octanol–water partition coefficient (Wildman–Crippen LogP) is 2.75. The summed E-state index contributed by atoms with van der Waals surface area (Å²) in [6, 6.07) is 10.7. The van der Waals surface area contributed by atoms with Crippen molar-refractivity contribution >= 4 is 28.1 Å². The van der Waals surface area contributed by atoms with E-state index in [1.807, 2.05) is 0 Å². The summed E-state index contributed by atoms with van der Waals surface area (Å²) in [5.41, 5.74) is 0.737. The fourth-order valence-corrected chi connectivity index (χ4v) is 3.07. The van der Waals surface area contributed by atoms with E-state index >= 15 is 0 Å². The maximum atomic E-state index is 13.1. The normalized spacial score (nSPS) is 14.5. The van der Waals surface area contributed by atoms with Gasteiger partial charge in [-0.3, -0.25) is 9.59 Å². The number of amides is 1. The smallest absolute Gasteiger partial charge is 0.395 e. The second kappa shape index (κ2) is 5.52. The highest BCUT2D eigenvalue weighted by Gasteiger charge is 2.43. The van der Waals surface area contributed by atoms with E-state index in [9.17, 15) is 18.4 Å². The maximum Gasteiger partial charge on any atom is 0.586 e. The number of hydrogen-bond acceptors (Lipinski definition) is 5. The fourth-order valence-electron chi connectivity index (χ4n) is 3.07.